The van der Waals surface area contributed by atoms with E-state index in [0.717, 1.165) is 31.7 Å². The Morgan fingerprint density at radius 3 is 2.95 bits per heavy atom. The second-order valence-corrected chi connectivity index (χ2v) is 4.67. The second kappa shape index (κ2) is 6.52. The summed E-state index contributed by atoms with van der Waals surface area (Å²) in [5.41, 5.74) is 1.43. The first-order chi connectivity index (χ1) is 9.24. The predicted molar refractivity (Wildman–Crippen MR) is 74.3 cm³/mol. The van der Waals surface area contributed by atoms with Crippen LogP contribution in [0.15, 0.2) is 18.5 Å². The van der Waals surface area contributed by atoms with Crippen LogP contribution >= 0.6 is 0 Å². The maximum Gasteiger partial charge on any atom is 0.253 e. The molecule has 2 rings (SSSR count). The lowest BCUT2D eigenvalue weighted by Gasteiger charge is -2.35. The minimum absolute atomic E-state index is 0.0432. The number of carbonyl (C=O) groups is 1. The largest absolute Gasteiger partial charge is 0.383 e. The van der Waals surface area contributed by atoms with Crippen LogP contribution in [0.25, 0.3) is 0 Å². The first kappa shape index (κ1) is 13.8. The standard InChI is InChI=1S/C14H21N3O2/c1-3-16-13-9-15-6-5-12(13)14(18)17-10-7-11(8-10)19-4-2/h5-6,9-11,16H,3-4,7-8H2,1-2H3,(H,17,18). The summed E-state index contributed by atoms with van der Waals surface area (Å²) in [7, 11) is 0. The molecule has 2 N–H and O–H groups in total. The molecule has 1 fully saturated rings. The van der Waals surface area contributed by atoms with E-state index < -0.39 is 0 Å². The number of amides is 1. The van der Waals surface area contributed by atoms with Crippen LogP contribution in [0.3, 0.4) is 0 Å². The lowest BCUT2D eigenvalue weighted by atomic mass is 9.89. The van der Waals surface area contributed by atoms with Gasteiger partial charge in [0.2, 0.25) is 0 Å². The number of ether oxygens (including phenoxy) is 1. The van der Waals surface area contributed by atoms with Crippen molar-refractivity contribution in [3.63, 3.8) is 0 Å². The molecular formula is C14H21N3O2. The first-order valence-electron chi connectivity index (χ1n) is 6.85. The third-order valence-corrected chi connectivity index (χ3v) is 3.27. The third-order valence-electron chi connectivity index (χ3n) is 3.27. The molecule has 1 aromatic rings. The maximum atomic E-state index is 12.2. The molecule has 0 spiro atoms. The van der Waals surface area contributed by atoms with E-state index in [0.29, 0.717) is 11.7 Å². The Labute approximate surface area is 113 Å². The minimum Gasteiger partial charge on any atom is -0.383 e. The van der Waals surface area contributed by atoms with E-state index in [9.17, 15) is 4.79 Å². The molecule has 1 amide bonds. The van der Waals surface area contributed by atoms with Crippen LogP contribution in [0.2, 0.25) is 0 Å². The van der Waals surface area contributed by atoms with Crippen molar-refractivity contribution in [2.75, 3.05) is 18.5 Å². The highest BCUT2D eigenvalue weighted by atomic mass is 16.5. The van der Waals surface area contributed by atoms with Crippen molar-refractivity contribution in [1.82, 2.24) is 10.3 Å². The van der Waals surface area contributed by atoms with E-state index in [4.69, 9.17) is 4.74 Å². The third kappa shape index (κ3) is 3.44. The molecule has 5 heteroatoms. The van der Waals surface area contributed by atoms with Crippen LogP contribution in [-0.4, -0.2) is 36.2 Å². The van der Waals surface area contributed by atoms with Gasteiger partial charge >= 0.3 is 0 Å². The molecule has 1 saturated carbocycles. The molecule has 19 heavy (non-hydrogen) atoms. The molecule has 104 valence electrons. The Morgan fingerprint density at radius 1 is 1.47 bits per heavy atom. The average Bonchev–Trinajstić information content (AvgIpc) is 2.37. The van der Waals surface area contributed by atoms with Crippen LogP contribution in [0.4, 0.5) is 5.69 Å². The SMILES string of the molecule is CCNc1cnccc1C(=O)NC1CC(OCC)C1. The number of pyridine rings is 1. The van der Waals surface area contributed by atoms with Gasteiger partial charge in [0.1, 0.15) is 0 Å². The van der Waals surface area contributed by atoms with Crippen LogP contribution in [0.1, 0.15) is 37.0 Å². The van der Waals surface area contributed by atoms with Crippen molar-refractivity contribution < 1.29 is 9.53 Å². The summed E-state index contributed by atoms with van der Waals surface area (Å²) in [5, 5.41) is 6.18. The van der Waals surface area contributed by atoms with E-state index in [2.05, 4.69) is 15.6 Å². The van der Waals surface area contributed by atoms with Crippen molar-refractivity contribution >= 4 is 11.6 Å². The van der Waals surface area contributed by atoms with Crippen LogP contribution < -0.4 is 10.6 Å². The van der Waals surface area contributed by atoms with Crippen molar-refractivity contribution in [3.05, 3.63) is 24.0 Å². The molecule has 0 radical (unpaired) electrons. The smallest absolute Gasteiger partial charge is 0.253 e. The van der Waals surface area contributed by atoms with Gasteiger partial charge in [-0.05, 0) is 32.8 Å². The summed E-state index contributed by atoms with van der Waals surface area (Å²) >= 11 is 0. The van der Waals surface area contributed by atoms with Gasteiger partial charge in [0.15, 0.2) is 0 Å². The molecule has 0 atom stereocenters. The van der Waals surface area contributed by atoms with Crippen molar-refractivity contribution in [2.45, 2.75) is 38.8 Å². The number of nitrogens with one attached hydrogen (secondary N) is 2. The molecular weight excluding hydrogens is 242 g/mol. The predicted octanol–water partition coefficient (Wildman–Crippen LogP) is 1.81. The zero-order chi connectivity index (χ0) is 13.7. The second-order valence-electron chi connectivity index (χ2n) is 4.67. The highest BCUT2D eigenvalue weighted by molar-refractivity contribution is 5.99. The Kier molecular flexibility index (Phi) is 4.74. The number of nitrogens with zero attached hydrogens (tertiary/aromatic N) is 1. The van der Waals surface area contributed by atoms with Gasteiger partial charge in [0.25, 0.3) is 5.91 Å². The molecule has 1 heterocycles. The van der Waals surface area contributed by atoms with E-state index in [1.165, 1.54) is 0 Å². The zero-order valence-corrected chi connectivity index (χ0v) is 11.5. The van der Waals surface area contributed by atoms with E-state index >= 15 is 0 Å². The summed E-state index contributed by atoms with van der Waals surface area (Å²) in [5.74, 6) is -0.0432. The maximum absolute atomic E-state index is 12.2. The van der Waals surface area contributed by atoms with Gasteiger partial charge < -0.3 is 15.4 Å². The van der Waals surface area contributed by atoms with Crippen molar-refractivity contribution in [3.8, 4) is 0 Å². The summed E-state index contributed by atoms with van der Waals surface area (Å²) < 4.78 is 5.48. The number of hydrogen-bond acceptors (Lipinski definition) is 4. The molecule has 0 aromatic carbocycles. The number of anilines is 1. The zero-order valence-electron chi connectivity index (χ0n) is 11.5. The van der Waals surface area contributed by atoms with Crippen molar-refractivity contribution in [2.24, 2.45) is 0 Å². The molecule has 0 bridgehead atoms. The fourth-order valence-electron chi connectivity index (χ4n) is 2.24. The molecule has 0 saturated heterocycles. The summed E-state index contributed by atoms with van der Waals surface area (Å²) in [6, 6.07) is 1.97. The molecule has 1 aromatic heterocycles. The Bertz CT molecular complexity index is 430. The normalized spacial score (nSPS) is 21.6. The lowest BCUT2D eigenvalue weighted by molar-refractivity contribution is -0.00861. The molecule has 0 aliphatic heterocycles. The Morgan fingerprint density at radius 2 is 2.26 bits per heavy atom. The summed E-state index contributed by atoms with van der Waals surface area (Å²) in [6.07, 6.45) is 5.44. The Balaban J connectivity index is 1.90. The van der Waals surface area contributed by atoms with Crippen LogP contribution in [0, 0.1) is 0 Å². The molecule has 0 unspecified atom stereocenters. The fourth-order valence-corrected chi connectivity index (χ4v) is 2.24. The van der Waals surface area contributed by atoms with Gasteiger partial charge in [-0.1, -0.05) is 0 Å². The highest BCUT2D eigenvalue weighted by Gasteiger charge is 2.31. The Hall–Kier alpha value is -1.62. The minimum atomic E-state index is -0.0432. The van der Waals surface area contributed by atoms with Gasteiger partial charge in [-0.3, -0.25) is 9.78 Å². The van der Waals surface area contributed by atoms with Gasteiger partial charge in [-0.15, -0.1) is 0 Å². The van der Waals surface area contributed by atoms with Gasteiger partial charge in [0.05, 0.1) is 23.6 Å². The van der Waals surface area contributed by atoms with Crippen LogP contribution in [-0.2, 0) is 4.74 Å². The van der Waals surface area contributed by atoms with E-state index in [1.807, 2.05) is 13.8 Å². The lowest BCUT2D eigenvalue weighted by Crippen LogP contribution is -2.47. The average molecular weight is 263 g/mol. The van der Waals surface area contributed by atoms with Crippen molar-refractivity contribution in [1.29, 1.82) is 0 Å². The number of hydrogen-bond donors (Lipinski definition) is 2. The number of rotatable bonds is 6. The molecule has 1 aliphatic carbocycles. The van der Waals surface area contributed by atoms with E-state index in [1.54, 1.807) is 18.5 Å². The molecule has 1 aliphatic rings. The number of carbonyl (C=O) groups excluding carboxylic acids is 1. The quantitative estimate of drug-likeness (QED) is 0.821. The van der Waals surface area contributed by atoms with Gasteiger partial charge in [-0.25, -0.2) is 0 Å². The number of aromatic nitrogens is 1. The highest BCUT2D eigenvalue weighted by Crippen LogP contribution is 2.24. The van der Waals surface area contributed by atoms with Gasteiger partial charge in [-0.2, -0.15) is 0 Å². The van der Waals surface area contributed by atoms with Gasteiger partial charge in [0, 0.05) is 25.4 Å². The first-order valence-corrected chi connectivity index (χ1v) is 6.85. The molecule has 5 nitrogen and oxygen atoms in total. The topological polar surface area (TPSA) is 63.2 Å². The fraction of sp³-hybridized carbons (Fsp3) is 0.571. The summed E-state index contributed by atoms with van der Waals surface area (Å²) in [6.45, 7) is 5.49. The van der Waals surface area contributed by atoms with E-state index in [-0.39, 0.29) is 11.9 Å². The summed E-state index contributed by atoms with van der Waals surface area (Å²) in [4.78, 5) is 16.2. The monoisotopic (exact) mass is 263 g/mol. The van der Waals surface area contributed by atoms with Crippen LogP contribution in [0.5, 0.6) is 0 Å².